The molecule has 1 atom stereocenters. The van der Waals surface area contributed by atoms with Gasteiger partial charge in [-0.15, -0.1) is 11.3 Å². The number of nitrogens with one attached hydrogen (secondary N) is 1. The van der Waals surface area contributed by atoms with Crippen LogP contribution in [0.3, 0.4) is 0 Å². The SMILES string of the molecule is CC(Nc1nccs1)c1ccc(Cl)c(Cl)c1. The number of nitrogens with zero attached hydrogens (tertiary/aromatic N) is 1. The number of rotatable bonds is 3. The van der Waals surface area contributed by atoms with Crippen LogP contribution in [0.25, 0.3) is 0 Å². The van der Waals surface area contributed by atoms with Gasteiger partial charge < -0.3 is 5.32 Å². The maximum absolute atomic E-state index is 5.97. The van der Waals surface area contributed by atoms with Gasteiger partial charge in [0, 0.05) is 11.6 Å². The lowest BCUT2D eigenvalue weighted by atomic mass is 10.1. The highest BCUT2D eigenvalue weighted by atomic mass is 35.5. The molecule has 84 valence electrons. The molecule has 0 aliphatic carbocycles. The molecule has 16 heavy (non-hydrogen) atoms. The Morgan fingerprint density at radius 3 is 2.75 bits per heavy atom. The predicted octanol–water partition coefficient (Wildman–Crippen LogP) is 4.62. The smallest absolute Gasteiger partial charge is 0.183 e. The second-order valence-corrected chi connectivity index (χ2v) is 5.09. The lowest BCUT2D eigenvalue weighted by molar-refractivity contribution is 0.882. The monoisotopic (exact) mass is 272 g/mol. The molecule has 2 nitrogen and oxygen atoms in total. The third kappa shape index (κ3) is 2.67. The average Bonchev–Trinajstić information content (AvgIpc) is 2.74. The van der Waals surface area contributed by atoms with Crippen LogP contribution < -0.4 is 5.32 Å². The summed E-state index contributed by atoms with van der Waals surface area (Å²) in [6.45, 7) is 2.06. The number of hydrogen-bond acceptors (Lipinski definition) is 3. The van der Waals surface area contributed by atoms with Crippen LogP contribution in [-0.4, -0.2) is 4.98 Å². The third-order valence-corrected chi connectivity index (χ3v) is 3.66. The van der Waals surface area contributed by atoms with E-state index in [0.29, 0.717) is 10.0 Å². The van der Waals surface area contributed by atoms with E-state index in [0.717, 1.165) is 10.7 Å². The summed E-state index contributed by atoms with van der Waals surface area (Å²) < 4.78 is 0. The number of halogens is 2. The molecule has 0 saturated heterocycles. The van der Waals surface area contributed by atoms with Crippen molar-refractivity contribution in [1.29, 1.82) is 0 Å². The van der Waals surface area contributed by atoms with Crippen LogP contribution in [0.4, 0.5) is 5.13 Å². The average molecular weight is 273 g/mol. The third-order valence-electron chi connectivity index (χ3n) is 2.22. The van der Waals surface area contributed by atoms with E-state index >= 15 is 0 Å². The van der Waals surface area contributed by atoms with E-state index in [1.807, 2.05) is 17.5 Å². The van der Waals surface area contributed by atoms with E-state index in [4.69, 9.17) is 23.2 Å². The van der Waals surface area contributed by atoms with Gasteiger partial charge in [-0.05, 0) is 24.6 Å². The maximum Gasteiger partial charge on any atom is 0.183 e. The molecule has 0 radical (unpaired) electrons. The van der Waals surface area contributed by atoms with Gasteiger partial charge in [-0.1, -0.05) is 29.3 Å². The molecule has 5 heteroatoms. The molecule has 1 heterocycles. The Balaban J connectivity index is 2.14. The van der Waals surface area contributed by atoms with Gasteiger partial charge >= 0.3 is 0 Å². The van der Waals surface area contributed by atoms with E-state index in [1.165, 1.54) is 0 Å². The summed E-state index contributed by atoms with van der Waals surface area (Å²) in [5.41, 5.74) is 1.09. The van der Waals surface area contributed by atoms with E-state index in [2.05, 4.69) is 17.2 Å². The van der Waals surface area contributed by atoms with Crippen molar-refractivity contribution in [3.8, 4) is 0 Å². The Hall–Kier alpha value is -0.770. The lowest BCUT2D eigenvalue weighted by Crippen LogP contribution is -2.06. The van der Waals surface area contributed by atoms with Crippen molar-refractivity contribution in [1.82, 2.24) is 4.98 Å². The fourth-order valence-electron chi connectivity index (χ4n) is 1.34. The van der Waals surface area contributed by atoms with Crippen molar-refractivity contribution < 1.29 is 0 Å². The normalized spacial score (nSPS) is 12.4. The first-order valence-electron chi connectivity index (χ1n) is 4.78. The van der Waals surface area contributed by atoms with E-state index in [9.17, 15) is 0 Å². The summed E-state index contributed by atoms with van der Waals surface area (Å²) in [5.74, 6) is 0. The summed E-state index contributed by atoms with van der Waals surface area (Å²) >= 11 is 13.4. The van der Waals surface area contributed by atoms with Crippen LogP contribution in [0.1, 0.15) is 18.5 Å². The molecule has 0 fully saturated rings. The van der Waals surface area contributed by atoms with Gasteiger partial charge in [0.25, 0.3) is 0 Å². The quantitative estimate of drug-likeness (QED) is 0.882. The molecule has 1 aromatic carbocycles. The van der Waals surface area contributed by atoms with Gasteiger partial charge in [-0.2, -0.15) is 0 Å². The van der Waals surface area contributed by atoms with Crippen molar-refractivity contribution in [2.75, 3.05) is 5.32 Å². The van der Waals surface area contributed by atoms with Gasteiger partial charge in [0.2, 0.25) is 0 Å². The first kappa shape index (κ1) is 11.7. The van der Waals surface area contributed by atoms with Gasteiger partial charge in [-0.25, -0.2) is 4.98 Å². The molecule has 0 spiro atoms. The zero-order chi connectivity index (χ0) is 11.5. The van der Waals surface area contributed by atoms with Crippen LogP contribution in [0, 0.1) is 0 Å². The molecule has 2 rings (SSSR count). The van der Waals surface area contributed by atoms with Crippen molar-refractivity contribution >= 4 is 39.7 Å². The second-order valence-electron chi connectivity index (χ2n) is 3.38. The molecule has 0 bridgehead atoms. The summed E-state index contributed by atoms with van der Waals surface area (Å²) in [7, 11) is 0. The van der Waals surface area contributed by atoms with Crippen molar-refractivity contribution in [2.24, 2.45) is 0 Å². The van der Waals surface area contributed by atoms with Crippen molar-refractivity contribution in [3.63, 3.8) is 0 Å². The summed E-state index contributed by atoms with van der Waals surface area (Å²) in [4.78, 5) is 4.17. The van der Waals surface area contributed by atoms with E-state index in [1.54, 1.807) is 23.6 Å². The van der Waals surface area contributed by atoms with Crippen LogP contribution in [0.15, 0.2) is 29.8 Å². The van der Waals surface area contributed by atoms with Gasteiger partial charge in [0.15, 0.2) is 5.13 Å². The van der Waals surface area contributed by atoms with Crippen LogP contribution in [0.5, 0.6) is 0 Å². The first-order chi connectivity index (χ1) is 7.66. The summed E-state index contributed by atoms with van der Waals surface area (Å²) in [6.07, 6.45) is 1.77. The van der Waals surface area contributed by atoms with Crippen LogP contribution in [-0.2, 0) is 0 Å². The zero-order valence-electron chi connectivity index (χ0n) is 8.58. The fourth-order valence-corrected chi connectivity index (χ4v) is 2.27. The fraction of sp³-hybridized carbons (Fsp3) is 0.182. The highest BCUT2D eigenvalue weighted by Crippen LogP contribution is 2.27. The Bertz CT molecular complexity index is 471. The molecule has 1 aromatic heterocycles. The Morgan fingerprint density at radius 1 is 1.31 bits per heavy atom. The predicted molar refractivity (Wildman–Crippen MR) is 70.6 cm³/mol. The summed E-state index contributed by atoms with van der Waals surface area (Å²) in [6, 6.07) is 5.79. The van der Waals surface area contributed by atoms with Gasteiger partial charge in [-0.3, -0.25) is 0 Å². The molecule has 0 saturated carbocycles. The minimum Gasteiger partial charge on any atom is -0.355 e. The number of aromatic nitrogens is 1. The molecular formula is C11H10Cl2N2S. The molecular weight excluding hydrogens is 263 g/mol. The largest absolute Gasteiger partial charge is 0.355 e. The number of benzene rings is 1. The number of hydrogen-bond donors (Lipinski definition) is 1. The van der Waals surface area contributed by atoms with E-state index in [-0.39, 0.29) is 6.04 Å². The molecule has 1 unspecified atom stereocenters. The summed E-state index contributed by atoms with van der Waals surface area (Å²) in [5, 5.41) is 7.28. The molecule has 0 aliphatic rings. The van der Waals surface area contributed by atoms with Gasteiger partial charge in [0.05, 0.1) is 16.1 Å². The highest BCUT2D eigenvalue weighted by molar-refractivity contribution is 7.13. The Kier molecular flexibility index (Phi) is 3.69. The zero-order valence-corrected chi connectivity index (χ0v) is 10.9. The topological polar surface area (TPSA) is 24.9 Å². The minimum absolute atomic E-state index is 0.154. The Morgan fingerprint density at radius 2 is 2.12 bits per heavy atom. The van der Waals surface area contributed by atoms with Crippen molar-refractivity contribution in [3.05, 3.63) is 45.4 Å². The minimum atomic E-state index is 0.154. The standard InChI is InChI=1S/C11H10Cl2N2S/c1-7(15-11-14-4-5-16-11)8-2-3-9(12)10(13)6-8/h2-7H,1H3,(H,14,15). The molecule has 2 aromatic rings. The second kappa shape index (κ2) is 5.04. The molecule has 1 N–H and O–H groups in total. The number of thiazole rings is 1. The lowest BCUT2D eigenvalue weighted by Gasteiger charge is -2.13. The van der Waals surface area contributed by atoms with Crippen LogP contribution in [0.2, 0.25) is 10.0 Å². The van der Waals surface area contributed by atoms with E-state index < -0.39 is 0 Å². The first-order valence-corrected chi connectivity index (χ1v) is 6.41. The Labute approximate surface area is 108 Å². The number of anilines is 1. The molecule has 0 amide bonds. The highest BCUT2D eigenvalue weighted by Gasteiger charge is 2.08. The molecule has 0 aliphatic heterocycles. The maximum atomic E-state index is 5.97. The van der Waals surface area contributed by atoms with Crippen molar-refractivity contribution in [2.45, 2.75) is 13.0 Å². The van der Waals surface area contributed by atoms with Gasteiger partial charge in [0.1, 0.15) is 0 Å². The van der Waals surface area contributed by atoms with Crippen LogP contribution >= 0.6 is 34.5 Å².